The number of rotatable bonds is 7. The second-order valence-electron chi connectivity index (χ2n) is 6.43. The molecule has 1 heterocycles. The van der Waals surface area contributed by atoms with Crippen LogP contribution in [-0.4, -0.2) is 39.0 Å². The van der Waals surface area contributed by atoms with Crippen molar-refractivity contribution in [3.05, 3.63) is 81.2 Å². The number of phenolic OH excluding ortho intramolecular Hbond substituents is 1. The third-order valence-corrected chi connectivity index (χ3v) is 4.23. The van der Waals surface area contributed by atoms with Crippen molar-refractivity contribution in [2.24, 2.45) is 5.10 Å². The molecule has 2 N–H and O–H groups in total. The predicted octanol–water partition coefficient (Wildman–Crippen LogP) is 2.63. The quantitative estimate of drug-likeness (QED) is 0.350. The molecule has 0 saturated heterocycles. The molecule has 0 fully saturated rings. The predicted molar refractivity (Wildman–Crippen MR) is 109 cm³/mol. The number of carbonyl (C=O) groups is 1. The first-order valence-corrected chi connectivity index (χ1v) is 8.85. The van der Waals surface area contributed by atoms with E-state index in [1.165, 1.54) is 7.11 Å². The number of nitrogens with one attached hydrogen (secondary N) is 1. The van der Waals surface area contributed by atoms with Crippen LogP contribution in [0.4, 0.5) is 5.69 Å². The summed E-state index contributed by atoms with van der Waals surface area (Å²) in [5.41, 5.74) is 4.37. The lowest BCUT2D eigenvalue weighted by molar-refractivity contribution is -0.385. The molecule has 0 aliphatic heterocycles. The summed E-state index contributed by atoms with van der Waals surface area (Å²) in [5.74, 6) is -0.971. The van der Waals surface area contributed by atoms with Crippen LogP contribution in [0.1, 0.15) is 27.2 Å². The Morgan fingerprint density at radius 1 is 1.33 bits per heavy atom. The van der Waals surface area contributed by atoms with E-state index in [4.69, 9.17) is 4.74 Å². The Kier molecular flexibility index (Phi) is 6.06. The zero-order chi connectivity index (χ0) is 21.7. The zero-order valence-corrected chi connectivity index (χ0v) is 16.3. The number of benzene rings is 2. The van der Waals surface area contributed by atoms with Gasteiger partial charge < -0.3 is 9.84 Å². The third kappa shape index (κ3) is 4.79. The molecule has 3 rings (SSSR count). The zero-order valence-electron chi connectivity index (χ0n) is 16.3. The van der Waals surface area contributed by atoms with Gasteiger partial charge in [0.1, 0.15) is 0 Å². The van der Waals surface area contributed by atoms with Crippen LogP contribution in [-0.2, 0) is 6.54 Å². The number of nitro groups is 1. The standard InChI is InChI=1S/C20H19N5O5/c1-13-3-5-14(6-4-13)12-24-8-7-17(23-24)20(27)22-21-11-15-9-16(25(28)29)10-18(30-2)19(15)26/h3-11,26H,12H2,1-2H3,(H,22,27). The summed E-state index contributed by atoms with van der Waals surface area (Å²) in [7, 11) is 1.27. The molecule has 3 aromatic rings. The van der Waals surface area contributed by atoms with Gasteiger partial charge in [-0.1, -0.05) is 29.8 Å². The molecule has 0 aliphatic rings. The largest absolute Gasteiger partial charge is 0.504 e. The molecule has 0 saturated carbocycles. The number of ether oxygens (including phenoxy) is 1. The molecular formula is C20H19N5O5. The lowest BCUT2D eigenvalue weighted by Gasteiger charge is -2.05. The van der Waals surface area contributed by atoms with Crippen molar-refractivity contribution < 1.29 is 19.6 Å². The maximum atomic E-state index is 12.2. The van der Waals surface area contributed by atoms with Crippen LogP contribution in [0.5, 0.6) is 11.5 Å². The number of aromatic hydroxyl groups is 1. The number of aromatic nitrogens is 2. The van der Waals surface area contributed by atoms with Gasteiger partial charge in [-0.05, 0) is 18.6 Å². The smallest absolute Gasteiger partial charge is 0.291 e. The molecule has 1 aromatic heterocycles. The van der Waals surface area contributed by atoms with E-state index in [0.717, 1.165) is 29.5 Å². The molecule has 10 nitrogen and oxygen atoms in total. The second kappa shape index (κ2) is 8.86. The van der Waals surface area contributed by atoms with Crippen LogP contribution in [0, 0.1) is 17.0 Å². The minimum absolute atomic E-state index is 0.0197. The Balaban J connectivity index is 1.68. The monoisotopic (exact) mass is 409 g/mol. The summed E-state index contributed by atoms with van der Waals surface area (Å²) in [4.78, 5) is 22.6. The van der Waals surface area contributed by atoms with Gasteiger partial charge in [0.15, 0.2) is 17.2 Å². The topological polar surface area (TPSA) is 132 Å². The van der Waals surface area contributed by atoms with Gasteiger partial charge >= 0.3 is 0 Å². The number of amides is 1. The van der Waals surface area contributed by atoms with Crippen molar-refractivity contribution in [2.75, 3.05) is 7.11 Å². The number of carbonyl (C=O) groups excluding carboxylic acids is 1. The van der Waals surface area contributed by atoms with Crippen LogP contribution in [0.3, 0.4) is 0 Å². The van der Waals surface area contributed by atoms with Crippen molar-refractivity contribution in [3.63, 3.8) is 0 Å². The highest BCUT2D eigenvalue weighted by atomic mass is 16.6. The number of aryl methyl sites for hydroxylation is 1. The van der Waals surface area contributed by atoms with Gasteiger partial charge in [0.05, 0.1) is 30.9 Å². The van der Waals surface area contributed by atoms with Gasteiger partial charge in [0.25, 0.3) is 11.6 Å². The maximum Gasteiger partial charge on any atom is 0.291 e. The van der Waals surface area contributed by atoms with Crippen molar-refractivity contribution in [3.8, 4) is 11.5 Å². The Morgan fingerprint density at radius 3 is 2.73 bits per heavy atom. The van der Waals surface area contributed by atoms with Crippen molar-refractivity contribution in [1.29, 1.82) is 0 Å². The number of non-ortho nitro benzene ring substituents is 1. The van der Waals surface area contributed by atoms with E-state index in [1.807, 2.05) is 31.2 Å². The number of nitro benzene ring substituents is 1. The number of hydrazone groups is 1. The van der Waals surface area contributed by atoms with Gasteiger partial charge in [0, 0.05) is 17.8 Å². The number of phenols is 1. The lowest BCUT2D eigenvalue weighted by atomic mass is 10.1. The Bertz CT molecular complexity index is 1110. The van der Waals surface area contributed by atoms with Crippen LogP contribution >= 0.6 is 0 Å². The minimum atomic E-state index is -0.626. The van der Waals surface area contributed by atoms with Crippen molar-refractivity contribution in [1.82, 2.24) is 15.2 Å². The van der Waals surface area contributed by atoms with Crippen LogP contribution in [0.2, 0.25) is 0 Å². The molecule has 0 unspecified atom stereocenters. The lowest BCUT2D eigenvalue weighted by Crippen LogP contribution is -2.18. The molecule has 30 heavy (non-hydrogen) atoms. The molecule has 0 spiro atoms. The molecular weight excluding hydrogens is 390 g/mol. The van der Waals surface area contributed by atoms with E-state index in [-0.39, 0.29) is 28.4 Å². The van der Waals surface area contributed by atoms with Gasteiger partial charge in [-0.2, -0.15) is 10.2 Å². The van der Waals surface area contributed by atoms with Crippen LogP contribution in [0.15, 0.2) is 53.8 Å². The molecule has 0 bridgehead atoms. The summed E-state index contributed by atoms with van der Waals surface area (Å²) in [6.07, 6.45) is 2.77. The number of hydrogen-bond acceptors (Lipinski definition) is 7. The summed E-state index contributed by atoms with van der Waals surface area (Å²) >= 11 is 0. The van der Waals surface area contributed by atoms with Crippen molar-refractivity contribution in [2.45, 2.75) is 13.5 Å². The minimum Gasteiger partial charge on any atom is -0.504 e. The fourth-order valence-corrected chi connectivity index (χ4v) is 2.64. The average molecular weight is 409 g/mol. The number of hydrogen-bond donors (Lipinski definition) is 2. The van der Waals surface area contributed by atoms with Crippen molar-refractivity contribution >= 4 is 17.8 Å². The average Bonchev–Trinajstić information content (AvgIpc) is 3.19. The van der Waals surface area contributed by atoms with E-state index in [0.29, 0.717) is 6.54 Å². The summed E-state index contributed by atoms with van der Waals surface area (Å²) in [6.45, 7) is 2.52. The first kappa shape index (κ1) is 20.5. The Labute approximate surface area is 171 Å². The summed E-state index contributed by atoms with van der Waals surface area (Å²) < 4.78 is 6.54. The molecule has 10 heteroatoms. The first-order chi connectivity index (χ1) is 14.4. The Hall–Kier alpha value is -4.21. The molecule has 0 aliphatic carbocycles. The van der Waals surface area contributed by atoms with Gasteiger partial charge in [0.2, 0.25) is 0 Å². The van der Waals surface area contributed by atoms with E-state index in [1.54, 1.807) is 16.9 Å². The summed E-state index contributed by atoms with van der Waals surface area (Å²) in [5, 5.41) is 29.0. The molecule has 154 valence electrons. The van der Waals surface area contributed by atoms with Gasteiger partial charge in [-0.25, -0.2) is 5.43 Å². The van der Waals surface area contributed by atoms with E-state index in [2.05, 4.69) is 15.6 Å². The fraction of sp³-hybridized carbons (Fsp3) is 0.150. The molecule has 2 aromatic carbocycles. The SMILES string of the molecule is COc1cc([N+](=O)[O-])cc(C=NNC(=O)c2ccn(Cc3ccc(C)cc3)n2)c1O. The van der Waals surface area contributed by atoms with E-state index < -0.39 is 10.8 Å². The molecule has 0 radical (unpaired) electrons. The van der Waals surface area contributed by atoms with Gasteiger partial charge in [-0.3, -0.25) is 19.6 Å². The summed E-state index contributed by atoms with van der Waals surface area (Å²) in [6, 6.07) is 11.7. The molecule has 1 amide bonds. The number of methoxy groups -OCH3 is 1. The highest BCUT2D eigenvalue weighted by Gasteiger charge is 2.16. The normalized spacial score (nSPS) is 10.9. The van der Waals surface area contributed by atoms with Crippen LogP contribution < -0.4 is 10.2 Å². The fourth-order valence-electron chi connectivity index (χ4n) is 2.64. The molecule has 0 atom stereocenters. The highest BCUT2D eigenvalue weighted by Crippen LogP contribution is 2.33. The highest BCUT2D eigenvalue weighted by molar-refractivity contribution is 5.93. The maximum absolute atomic E-state index is 12.2. The first-order valence-electron chi connectivity index (χ1n) is 8.85. The number of nitrogens with zero attached hydrogens (tertiary/aromatic N) is 4. The van der Waals surface area contributed by atoms with Crippen LogP contribution in [0.25, 0.3) is 0 Å². The third-order valence-electron chi connectivity index (χ3n) is 4.23. The van der Waals surface area contributed by atoms with E-state index >= 15 is 0 Å². The van der Waals surface area contributed by atoms with E-state index in [9.17, 15) is 20.0 Å². The van der Waals surface area contributed by atoms with Gasteiger partial charge in [-0.15, -0.1) is 0 Å². The second-order valence-corrected chi connectivity index (χ2v) is 6.43. The Morgan fingerprint density at radius 2 is 2.07 bits per heavy atom.